The van der Waals surface area contributed by atoms with E-state index in [1.165, 1.54) is 6.42 Å². The third-order valence-corrected chi connectivity index (χ3v) is 10.6. The van der Waals surface area contributed by atoms with E-state index in [1.54, 1.807) is 22.7 Å². The van der Waals surface area contributed by atoms with Crippen LogP contribution in [0.25, 0.3) is 0 Å². The Morgan fingerprint density at radius 2 is 1.94 bits per heavy atom. The Labute approximate surface area is 201 Å². The third kappa shape index (κ3) is 3.63. The topological polar surface area (TPSA) is 98.2 Å². The van der Waals surface area contributed by atoms with Crippen LogP contribution in [-0.2, 0) is 14.4 Å². The lowest BCUT2D eigenvalue weighted by atomic mass is 9.66. The molecule has 4 fully saturated rings. The normalized spacial score (nSPS) is 36.8. The van der Waals surface area contributed by atoms with E-state index in [-0.39, 0.29) is 30.4 Å². The second-order valence-corrected chi connectivity index (χ2v) is 12.8. The van der Waals surface area contributed by atoms with Gasteiger partial charge in [-0.15, -0.1) is 18.3 Å². The van der Waals surface area contributed by atoms with E-state index in [0.717, 1.165) is 25.7 Å². The number of rotatable bonds is 8. The summed E-state index contributed by atoms with van der Waals surface area (Å²) in [5, 5.41) is 20.4. The number of nitrogens with zero attached hydrogens (tertiary/aromatic N) is 2. The zero-order valence-corrected chi connectivity index (χ0v) is 20.9. The molecule has 0 aromatic rings. The summed E-state index contributed by atoms with van der Waals surface area (Å²) in [7, 11) is 0. The number of thioether (sulfide) groups is 1. The number of aliphatic carboxylic acids is 1. The average molecular weight is 479 g/mol. The molecule has 0 radical (unpaired) electrons. The van der Waals surface area contributed by atoms with E-state index in [9.17, 15) is 24.6 Å². The Kier molecular flexibility index (Phi) is 6.64. The minimum Gasteiger partial charge on any atom is -0.481 e. The highest BCUT2D eigenvalue weighted by Crippen LogP contribution is 2.71. The van der Waals surface area contributed by atoms with Gasteiger partial charge in [0.05, 0.1) is 29.2 Å². The first-order chi connectivity index (χ1) is 15.6. The van der Waals surface area contributed by atoms with Crippen molar-refractivity contribution in [3.05, 3.63) is 12.7 Å². The average Bonchev–Trinajstić information content (AvgIpc) is 3.34. The molecule has 3 aliphatic heterocycles. The number of fused-ring (bicyclic) bond motifs is 1. The molecule has 7 nitrogen and oxygen atoms in total. The number of likely N-dealkylation sites (tertiary alicyclic amines) is 1. The lowest BCUT2D eigenvalue weighted by Crippen LogP contribution is -2.60. The second-order valence-electron chi connectivity index (χ2n) is 10.9. The molecule has 184 valence electrons. The zero-order valence-electron chi connectivity index (χ0n) is 20.0. The summed E-state index contributed by atoms with van der Waals surface area (Å²) >= 11 is 1.56. The standard InChI is InChI=1S/C25H38N2O5S/c1-5-13-26(16-9-7-6-8-10-16)22(30)20-25-12-11-24(4,33-25)19(23(31)32)18(25)21(29)27(20)17(14-28)15(2)3/h5,15-20,28H,1,6-14H2,2-4H3,(H,31,32)/t17-,18-,19+,20?,24-,25?/m0/s1. The maximum absolute atomic E-state index is 14.4. The van der Waals surface area contributed by atoms with Crippen LogP contribution in [0.15, 0.2) is 12.7 Å². The lowest BCUT2D eigenvalue weighted by molar-refractivity contribution is -0.151. The fourth-order valence-electron chi connectivity index (χ4n) is 7.10. The summed E-state index contributed by atoms with van der Waals surface area (Å²) in [6.45, 7) is 9.86. The Bertz CT molecular complexity index is 828. The molecule has 6 atom stereocenters. The van der Waals surface area contributed by atoms with Crippen LogP contribution < -0.4 is 0 Å². The molecule has 3 heterocycles. The van der Waals surface area contributed by atoms with Gasteiger partial charge in [0.2, 0.25) is 11.8 Å². The van der Waals surface area contributed by atoms with Crippen LogP contribution >= 0.6 is 11.8 Å². The smallest absolute Gasteiger partial charge is 0.308 e. The van der Waals surface area contributed by atoms with Gasteiger partial charge in [0.15, 0.2) is 0 Å². The van der Waals surface area contributed by atoms with Crippen LogP contribution in [-0.4, -0.2) is 78.6 Å². The van der Waals surface area contributed by atoms with Gasteiger partial charge in [0.1, 0.15) is 6.04 Å². The van der Waals surface area contributed by atoms with Gasteiger partial charge in [-0.3, -0.25) is 14.4 Å². The van der Waals surface area contributed by atoms with E-state index < -0.39 is 39.4 Å². The maximum atomic E-state index is 14.4. The molecule has 1 aliphatic carbocycles. The molecule has 3 saturated heterocycles. The summed E-state index contributed by atoms with van der Waals surface area (Å²) in [6, 6.07) is -1.17. The molecule has 2 N–H and O–H groups in total. The Balaban J connectivity index is 1.81. The summed E-state index contributed by atoms with van der Waals surface area (Å²) < 4.78 is -1.32. The number of aliphatic hydroxyl groups is 1. The highest BCUT2D eigenvalue weighted by Gasteiger charge is 2.78. The van der Waals surface area contributed by atoms with Crippen molar-refractivity contribution < 1.29 is 24.6 Å². The van der Waals surface area contributed by atoms with E-state index in [0.29, 0.717) is 19.4 Å². The number of carbonyl (C=O) groups is 3. The van der Waals surface area contributed by atoms with Crippen LogP contribution in [0.2, 0.25) is 0 Å². The van der Waals surface area contributed by atoms with Crippen molar-refractivity contribution in [1.29, 1.82) is 0 Å². The first-order valence-electron chi connectivity index (χ1n) is 12.4. The van der Waals surface area contributed by atoms with Crippen LogP contribution in [0.5, 0.6) is 0 Å². The van der Waals surface area contributed by atoms with Crippen LogP contribution in [0.4, 0.5) is 0 Å². The number of aliphatic hydroxyl groups excluding tert-OH is 1. The molecular weight excluding hydrogens is 440 g/mol. The van der Waals surface area contributed by atoms with Gasteiger partial charge < -0.3 is 20.0 Å². The number of hydrogen-bond acceptors (Lipinski definition) is 5. The van der Waals surface area contributed by atoms with Crippen molar-refractivity contribution in [2.24, 2.45) is 17.8 Å². The number of hydrogen-bond donors (Lipinski definition) is 2. The predicted octanol–water partition coefficient (Wildman–Crippen LogP) is 2.92. The molecular formula is C25H38N2O5S. The summed E-state index contributed by atoms with van der Waals surface area (Å²) in [5.41, 5.74) is 0. The molecule has 2 unspecified atom stereocenters. The quantitative estimate of drug-likeness (QED) is 0.521. The van der Waals surface area contributed by atoms with Gasteiger partial charge in [-0.1, -0.05) is 39.2 Å². The molecule has 0 aromatic carbocycles. The second kappa shape index (κ2) is 8.91. The van der Waals surface area contributed by atoms with Crippen molar-refractivity contribution in [3.8, 4) is 0 Å². The maximum Gasteiger partial charge on any atom is 0.308 e. The summed E-state index contributed by atoms with van der Waals surface area (Å²) in [6.07, 6.45) is 8.25. The SMILES string of the molecule is C=CCN(C(=O)C1N([C@@H](CO)C(C)C)C(=O)[C@@H]2[C@H](C(=O)O)[C@]3(C)CCC12S3)C1CCCCC1. The van der Waals surface area contributed by atoms with Crippen LogP contribution in [0.1, 0.15) is 65.7 Å². The Morgan fingerprint density at radius 1 is 1.27 bits per heavy atom. The lowest BCUT2D eigenvalue weighted by Gasteiger charge is -2.43. The van der Waals surface area contributed by atoms with Gasteiger partial charge in [-0.25, -0.2) is 0 Å². The first kappa shape index (κ1) is 24.6. The largest absolute Gasteiger partial charge is 0.481 e. The fourth-order valence-corrected chi connectivity index (χ4v) is 9.43. The zero-order chi connectivity index (χ0) is 24.1. The highest BCUT2D eigenvalue weighted by atomic mass is 32.2. The monoisotopic (exact) mass is 478 g/mol. The predicted molar refractivity (Wildman–Crippen MR) is 128 cm³/mol. The van der Waals surface area contributed by atoms with Gasteiger partial charge in [0.25, 0.3) is 0 Å². The van der Waals surface area contributed by atoms with E-state index in [4.69, 9.17) is 0 Å². The van der Waals surface area contributed by atoms with E-state index >= 15 is 0 Å². The van der Waals surface area contributed by atoms with E-state index in [2.05, 4.69) is 6.58 Å². The van der Waals surface area contributed by atoms with Gasteiger partial charge in [0, 0.05) is 17.3 Å². The van der Waals surface area contributed by atoms with Gasteiger partial charge in [-0.2, -0.15) is 0 Å². The molecule has 0 aromatic heterocycles. The number of carboxylic acid groups (broad SMARTS) is 1. The molecule has 33 heavy (non-hydrogen) atoms. The van der Waals surface area contributed by atoms with Crippen molar-refractivity contribution in [2.75, 3.05) is 13.2 Å². The number of amides is 2. The molecule has 2 amide bonds. The third-order valence-electron chi connectivity index (χ3n) is 8.65. The Morgan fingerprint density at radius 3 is 2.48 bits per heavy atom. The van der Waals surface area contributed by atoms with Crippen molar-refractivity contribution in [3.63, 3.8) is 0 Å². The van der Waals surface area contributed by atoms with Crippen molar-refractivity contribution in [2.45, 2.75) is 93.3 Å². The minimum absolute atomic E-state index is 0.0620. The molecule has 4 aliphatic rings. The summed E-state index contributed by atoms with van der Waals surface area (Å²) in [4.78, 5) is 44.2. The number of carbonyl (C=O) groups excluding carboxylic acids is 2. The first-order valence-corrected chi connectivity index (χ1v) is 13.2. The molecule has 1 saturated carbocycles. The van der Waals surface area contributed by atoms with Crippen LogP contribution in [0.3, 0.4) is 0 Å². The van der Waals surface area contributed by atoms with Gasteiger partial charge >= 0.3 is 5.97 Å². The van der Waals surface area contributed by atoms with Crippen molar-refractivity contribution in [1.82, 2.24) is 9.80 Å². The molecule has 4 rings (SSSR count). The molecule has 1 spiro atoms. The van der Waals surface area contributed by atoms with E-state index in [1.807, 2.05) is 25.7 Å². The molecule has 8 heteroatoms. The van der Waals surface area contributed by atoms with Crippen LogP contribution in [0, 0.1) is 17.8 Å². The Hall–Kier alpha value is -1.54. The minimum atomic E-state index is -0.960. The highest BCUT2D eigenvalue weighted by molar-refractivity contribution is 8.02. The molecule has 2 bridgehead atoms. The fraction of sp³-hybridized carbons (Fsp3) is 0.800. The number of carboxylic acids is 1. The van der Waals surface area contributed by atoms with Gasteiger partial charge in [-0.05, 0) is 38.5 Å². The van der Waals surface area contributed by atoms with Crippen molar-refractivity contribution >= 4 is 29.5 Å². The summed E-state index contributed by atoms with van der Waals surface area (Å²) in [5.74, 6) is -2.95.